The van der Waals surface area contributed by atoms with E-state index < -0.39 is 0 Å². The average molecular weight is 783 g/mol. The molecule has 4 heteroatoms. The summed E-state index contributed by atoms with van der Waals surface area (Å²) in [4.78, 5) is 4.96. The summed E-state index contributed by atoms with van der Waals surface area (Å²) in [5.74, 6) is 27.0. The monoisotopic (exact) mass is 782 g/mol. The van der Waals surface area contributed by atoms with Crippen molar-refractivity contribution in [3.8, 4) is 59.5 Å². The number of hydrogen-bond acceptors (Lipinski definition) is 4. The Hall–Kier alpha value is -7.08. The molecule has 0 atom stereocenters. The van der Waals surface area contributed by atoms with Crippen LogP contribution in [-0.4, -0.2) is 26.2 Å². The molecule has 0 amide bonds. The predicted molar refractivity (Wildman–Crippen MR) is 250 cm³/mol. The highest BCUT2D eigenvalue weighted by molar-refractivity contribution is 5.65. The first-order valence-corrected chi connectivity index (χ1v) is 21.4. The molecule has 0 spiro atoms. The molecule has 5 aromatic rings. The minimum absolute atomic E-state index is 0.581. The lowest BCUT2D eigenvalue weighted by Crippen LogP contribution is -2.25. The summed E-state index contributed by atoms with van der Waals surface area (Å²) in [6.45, 7) is 13.2. The van der Waals surface area contributed by atoms with Crippen LogP contribution in [0.15, 0.2) is 109 Å². The van der Waals surface area contributed by atoms with Gasteiger partial charge in [-0.1, -0.05) is 101 Å². The van der Waals surface area contributed by atoms with Gasteiger partial charge < -0.3 is 9.80 Å². The Kier molecular flexibility index (Phi) is 17.6. The fourth-order valence-corrected chi connectivity index (χ4v) is 6.47. The molecule has 0 aromatic heterocycles. The van der Waals surface area contributed by atoms with E-state index in [9.17, 15) is 10.5 Å². The Bertz CT molecular complexity index is 2310. The van der Waals surface area contributed by atoms with Crippen molar-refractivity contribution in [3.63, 3.8) is 0 Å². The molecule has 0 saturated heterocycles. The van der Waals surface area contributed by atoms with Gasteiger partial charge in [-0.15, -0.1) is 0 Å². The highest BCUT2D eigenvalue weighted by Gasteiger charge is 2.09. The number of nitrogens with zero attached hydrogens (tertiary/aromatic N) is 4. The van der Waals surface area contributed by atoms with Gasteiger partial charge in [0.2, 0.25) is 0 Å². The zero-order valence-electron chi connectivity index (χ0n) is 35.7. The van der Waals surface area contributed by atoms with Gasteiger partial charge in [-0.3, -0.25) is 0 Å². The van der Waals surface area contributed by atoms with Crippen molar-refractivity contribution >= 4 is 11.4 Å². The van der Waals surface area contributed by atoms with E-state index in [1.807, 2.05) is 36.4 Å². The van der Waals surface area contributed by atoms with Crippen LogP contribution >= 0.6 is 0 Å². The van der Waals surface area contributed by atoms with Crippen molar-refractivity contribution < 1.29 is 0 Å². The molecule has 0 heterocycles. The lowest BCUT2D eigenvalue weighted by Gasteiger charge is -2.24. The van der Waals surface area contributed by atoms with Gasteiger partial charge in [-0.25, -0.2) is 0 Å². The summed E-state index contributed by atoms with van der Waals surface area (Å²) in [7, 11) is 0. The number of rotatable bonds is 14. The summed E-state index contributed by atoms with van der Waals surface area (Å²) in [5.41, 5.74) is 9.99. The van der Waals surface area contributed by atoms with Crippen LogP contribution in [0.4, 0.5) is 11.4 Å². The molecule has 5 rings (SSSR count). The molecule has 298 valence electrons. The van der Waals surface area contributed by atoms with E-state index in [2.05, 4.69) is 146 Å². The van der Waals surface area contributed by atoms with Gasteiger partial charge in [0.05, 0.1) is 23.3 Å². The third-order valence-electron chi connectivity index (χ3n) is 10.1. The van der Waals surface area contributed by atoms with E-state index in [1.165, 1.54) is 62.7 Å². The van der Waals surface area contributed by atoms with Gasteiger partial charge in [0.1, 0.15) is 0 Å². The maximum absolute atomic E-state index is 9.31. The van der Waals surface area contributed by atoms with Crippen LogP contribution in [0.5, 0.6) is 0 Å². The zero-order valence-corrected chi connectivity index (χ0v) is 35.7. The fraction of sp³-hybridized carbons (Fsp3) is 0.286. The SMILES string of the molecule is CCCCN(CCCC)c1ccc(C#Cc2cc(C#Cc3ccc(C#N)cc3)c(C#Cc3ccc(C#N)cc3)cc2C#Cc2ccc(N(CCCC)CCCC)cc2)cc1. The highest BCUT2D eigenvalue weighted by atomic mass is 15.1. The maximum atomic E-state index is 9.31. The largest absolute Gasteiger partial charge is 0.372 e. The van der Waals surface area contributed by atoms with Crippen LogP contribution in [0.25, 0.3) is 0 Å². The van der Waals surface area contributed by atoms with Gasteiger partial charge in [-0.05, 0) is 135 Å². The van der Waals surface area contributed by atoms with Gasteiger partial charge in [0, 0.05) is 82.1 Å². The van der Waals surface area contributed by atoms with Crippen LogP contribution in [0.1, 0.15) is 135 Å². The van der Waals surface area contributed by atoms with Gasteiger partial charge in [0.25, 0.3) is 0 Å². The van der Waals surface area contributed by atoms with E-state index >= 15 is 0 Å². The quantitative estimate of drug-likeness (QED) is 0.105. The fourth-order valence-electron chi connectivity index (χ4n) is 6.47. The third-order valence-corrected chi connectivity index (χ3v) is 10.1. The summed E-state index contributed by atoms with van der Waals surface area (Å²) in [6, 6.07) is 39.9. The van der Waals surface area contributed by atoms with Gasteiger partial charge in [-0.2, -0.15) is 10.5 Å². The minimum Gasteiger partial charge on any atom is -0.372 e. The molecule has 0 unspecified atom stereocenters. The predicted octanol–water partition coefficient (Wildman–Crippen LogP) is 11.8. The molecule has 0 aliphatic rings. The normalized spacial score (nSPS) is 9.90. The summed E-state index contributed by atoms with van der Waals surface area (Å²) in [5, 5.41) is 18.6. The minimum atomic E-state index is 0.581. The first kappa shape index (κ1) is 44.0. The second-order valence-corrected chi connectivity index (χ2v) is 14.8. The number of nitriles is 2. The molecule has 0 aliphatic heterocycles. The van der Waals surface area contributed by atoms with Gasteiger partial charge in [0.15, 0.2) is 0 Å². The van der Waals surface area contributed by atoms with Crippen molar-refractivity contribution in [1.82, 2.24) is 0 Å². The Morgan fingerprint density at radius 2 is 0.567 bits per heavy atom. The van der Waals surface area contributed by atoms with Crippen molar-refractivity contribution in [2.45, 2.75) is 79.1 Å². The third kappa shape index (κ3) is 13.5. The Morgan fingerprint density at radius 3 is 0.800 bits per heavy atom. The second kappa shape index (κ2) is 24.0. The molecular weight excluding hydrogens is 729 g/mol. The summed E-state index contributed by atoms with van der Waals surface area (Å²) >= 11 is 0. The molecule has 0 saturated carbocycles. The summed E-state index contributed by atoms with van der Waals surface area (Å²) < 4.78 is 0. The molecule has 0 radical (unpaired) electrons. The Balaban J connectivity index is 1.60. The molecule has 4 nitrogen and oxygen atoms in total. The molecular formula is C56H54N4. The van der Waals surface area contributed by atoms with Crippen LogP contribution in [-0.2, 0) is 0 Å². The molecule has 0 bridgehead atoms. The first-order valence-electron chi connectivity index (χ1n) is 21.4. The number of benzene rings is 5. The molecule has 0 aliphatic carbocycles. The maximum Gasteiger partial charge on any atom is 0.0991 e. The van der Waals surface area contributed by atoms with Crippen LogP contribution < -0.4 is 9.80 Å². The topological polar surface area (TPSA) is 54.1 Å². The number of unbranched alkanes of at least 4 members (excludes halogenated alkanes) is 4. The van der Waals surface area contributed by atoms with Crippen LogP contribution in [0, 0.1) is 70.0 Å². The number of anilines is 2. The molecule has 5 aromatic carbocycles. The van der Waals surface area contributed by atoms with E-state index in [1.54, 1.807) is 24.3 Å². The summed E-state index contributed by atoms with van der Waals surface area (Å²) in [6.07, 6.45) is 9.33. The Labute approximate surface area is 359 Å². The smallest absolute Gasteiger partial charge is 0.0991 e. The first-order chi connectivity index (χ1) is 29.5. The zero-order chi connectivity index (χ0) is 42.4. The highest BCUT2D eigenvalue weighted by Crippen LogP contribution is 2.21. The lowest BCUT2D eigenvalue weighted by molar-refractivity contribution is 0.678. The van der Waals surface area contributed by atoms with E-state index in [4.69, 9.17) is 0 Å². The van der Waals surface area contributed by atoms with Crippen molar-refractivity contribution in [2.24, 2.45) is 0 Å². The molecule has 0 fully saturated rings. The van der Waals surface area contributed by atoms with Crippen molar-refractivity contribution in [2.75, 3.05) is 36.0 Å². The number of hydrogen-bond donors (Lipinski definition) is 0. The standard InChI is InChI=1S/C56H54N4/c1-5-9-37-59(38-10-6-2)55-33-25-47(26-34-55)23-31-53-41-51(29-21-45-13-17-49(43-57)18-14-45)52(30-22-46-15-19-50(44-58)20-16-46)42-54(53)32-24-48-27-35-56(36-28-48)60(39-11-7-3)40-12-8-4/h13-20,25-28,33-36,41-42H,5-12,37-40H2,1-4H3. The molecule has 0 N–H and O–H groups in total. The van der Waals surface area contributed by atoms with Crippen LogP contribution in [0.2, 0.25) is 0 Å². The van der Waals surface area contributed by atoms with E-state index in [0.29, 0.717) is 11.1 Å². The van der Waals surface area contributed by atoms with Crippen molar-refractivity contribution in [3.05, 3.63) is 165 Å². The van der Waals surface area contributed by atoms with Crippen molar-refractivity contribution in [1.29, 1.82) is 10.5 Å². The second-order valence-electron chi connectivity index (χ2n) is 14.8. The average Bonchev–Trinajstić information content (AvgIpc) is 3.30. The lowest BCUT2D eigenvalue weighted by atomic mass is 9.97. The Morgan fingerprint density at radius 1 is 0.333 bits per heavy atom. The van der Waals surface area contributed by atoms with Gasteiger partial charge >= 0.3 is 0 Å². The van der Waals surface area contributed by atoms with E-state index in [-0.39, 0.29) is 0 Å². The van der Waals surface area contributed by atoms with E-state index in [0.717, 1.165) is 70.7 Å². The molecule has 60 heavy (non-hydrogen) atoms. The van der Waals surface area contributed by atoms with Crippen LogP contribution in [0.3, 0.4) is 0 Å².